The summed E-state index contributed by atoms with van der Waals surface area (Å²) in [4.78, 5) is 16.6. The molecule has 2 aromatic rings. The third-order valence-corrected chi connectivity index (χ3v) is 5.81. The van der Waals surface area contributed by atoms with Crippen LogP contribution in [-0.4, -0.2) is 54.5 Å². The average molecular weight is 449 g/mol. The van der Waals surface area contributed by atoms with Crippen LogP contribution in [0, 0.1) is 5.82 Å². The van der Waals surface area contributed by atoms with Gasteiger partial charge in [-0.2, -0.15) is 8.78 Å². The quantitative estimate of drug-likeness (QED) is 0.591. The summed E-state index contributed by atoms with van der Waals surface area (Å²) >= 11 is 0. The Morgan fingerprint density at radius 1 is 1.03 bits per heavy atom. The molecule has 0 radical (unpaired) electrons. The molecular weight excluding hydrogens is 417 g/mol. The SMILES string of the molecule is CN1CCCC1.C[C@@H]1CCCN1C(=O)c1ccc(-c2cccc(OC(C)(F)F)c2)cc1F. The minimum atomic E-state index is -3.30. The van der Waals surface area contributed by atoms with Gasteiger partial charge in [0.25, 0.3) is 5.91 Å². The number of ether oxygens (including phenoxy) is 1. The molecule has 32 heavy (non-hydrogen) atoms. The van der Waals surface area contributed by atoms with E-state index in [0.717, 1.165) is 12.8 Å². The highest BCUT2D eigenvalue weighted by Crippen LogP contribution is 2.29. The van der Waals surface area contributed by atoms with Crippen molar-refractivity contribution in [2.24, 2.45) is 0 Å². The van der Waals surface area contributed by atoms with Gasteiger partial charge in [-0.1, -0.05) is 18.2 Å². The first-order valence-electron chi connectivity index (χ1n) is 11.1. The zero-order valence-corrected chi connectivity index (χ0v) is 18.9. The van der Waals surface area contributed by atoms with Gasteiger partial charge in [0.1, 0.15) is 11.6 Å². The molecular formula is C25H31F3N2O2. The molecule has 4 nitrogen and oxygen atoms in total. The Balaban J connectivity index is 0.000000416. The Labute approximate surface area is 188 Å². The highest BCUT2D eigenvalue weighted by molar-refractivity contribution is 5.95. The smallest absolute Gasteiger partial charge is 0.394 e. The van der Waals surface area contributed by atoms with Crippen LogP contribution >= 0.6 is 0 Å². The first-order chi connectivity index (χ1) is 15.1. The Bertz CT molecular complexity index is 924. The maximum Gasteiger partial charge on any atom is 0.394 e. The molecule has 2 saturated heterocycles. The number of rotatable bonds is 4. The molecule has 7 heteroatoms. The van der Waals surface area contributed by atoms with E-state index in [9.17, 15) is 18.0 Å². The third-order valence-electron chi connectivity index (χ3n) is 5.81. The fourth-order valence-electron chi connectivity index (χ4n) is 4.08. The van der Waals surface area contributed by atoms with Gasteiger partial charge in [-0.15, -0.1) is 0 Å². The number of likely N-dealkylation sites (tertiary alicyclic amines) is 2. The molecule has 174 valence electrons. The lowest BCUT2D eigenvalue weighted by molar-refractivity contribution is -0.158. The van der Waals surface area contributed by atoms with Crippen LogP contribution in [0.15, 0.2) is 42.5 Å². The van der Waals surface area contributed by atoms with Crippen molar-refractivity contribution in [3.05, 3.63) is 53.8 Å². The van der Waals surface area contributed by atoms with Gasteiger partial charge in [-0.3, -0.25) is 4.79 Å². The number of hydrogen-bond acceptors (Lipinski definition) is 3. The van der Waals surface area contributed by atoms with E-state index >= 15 is 0 Å². The van der Waals surface area contributed by atoms with E-state index in [1.54, 1.807) is 23.1 Å². The first kappa shape index (κ1) is 24.1. The van der Waals surface area contributed by atoms with Crippen molar-refractivity contribution in [1.82, 2.24) is 9.80 Å². The van der Waals surface area contributed by atoms with E-state index < -0.39 is 11.9 Å². The van der Waals surface area contributed by atoms with Crippen molar-refractivity contribution in [2.75, 3.05) is 26.7 Å². The second kappa shape index (κ2) is 10.4. The Hall–Kier alpha value is -2.54. The third kappa shape index (κ3) is 6.48. The van der Waals surface area contributed by atoms with Crippen molar-refractivity contribution in [2.45, 2.75) is 51.7 Å². The van der Waals surface area contributed by atoms with Crippen LogP contribution in [0.3, 0.4) is 0 Å². The fourth-order valence-corrected chi connectivity index (χ4v) is 4.08. The number of alkyl halides is 2. The molecule has 0 spiro atoms. The minimum absolute atomic E-state index is 0.0125. The summed E-state index contributed by atoms with van der Waals surface area (Å²) in [5, 5.41) is 0. The molecule has 1 amide bonds. The van der Waals surface area contributed by atoms with E-state index in [4.69, 9.17) is 0 Å². The molecule has 0 aromatic heterocycles. The van der Waals surface area contributed by atoms with Gasteiger partial charge >= 0.3 is 6.11 Å². The molecule has 2 fully saturated rings. The molecule has 0 saturated carbocycles. The summed E-state index contributed by atoms with van der Waals surface area (Å²) in [5.74, 6) is -0.957. The molecule has 4 rings (SSSR count). The van der Waals surface area contributed by atoms with E-state index in [-0.39, 0.29) is 23.3 Å². The largest absolute Gasteiger partial charge is 0.433 e. The molecule has 0 N–H and O–H groups in total. The monoisotopic (exact) mass is 448 g/mol. The fraction of sp³-hybridized carbons (Fsp3) is 0.480. The van der Waals surface area contributed by atoms with Crippen LogP contribution in [-0.2, 0) is 0 Å². The number of nitrogens with zero attached hydrogens (tertiary/aromatic N) is 2. The zero-order valence-electron chi connectivity index (χ0n) is 18.9. The van der Waals surface area contributed by atoms with Gasteiger partial charge in [0.15, 0.2) is 0 Å². The Kier molecular flexibility index (Phi) is 7.82. The molecule has 2 aliphatic rings. The van der Waals surface area contributed by atoms with Crippen LogP contribution in [0.1, 0.15) is 49.9 Å². The van der Waals surface area contributed by atoms with E-state index in [1.165, 1.54) is 50.2 Å². The summed E-state index contributed by atoms with van der Waals surface area (Å²) in [6.45, 7) is 5.87. The lowest BCUT2D eigenvalue weighted by Crippen LogP contribution is -2.34. The Morgan fingerprint density at radius 2 is 1.72 bits per heavy atom. The normalized spacial score (nSPS) is 18.9. The minimum Gasteiger partial charge on any atom is -0.433 e. The van der Waals surface area contributed by atoms with Gasteiger partial charge in [0.2, 0.25) is 0 Å². The summed E-state index contributed by atoms with van der Waals surface area (Å²) in [6, 6.07) is 10.4. The van der Waals surface area contributed by atoms with E-state index in [0.29, 0.717) is 24.6 Å². The van der Waals surface area contributed by atoms with E-state index in [1.807, 2.05) is 6.92 Å². The number of amides is 1. The van der Waals surface area contributed by atoms with Crippen LogP contribution in [0.5, 0.6) is 5.75 Å². The van der Waals surface area contributed by atoms with Gasteiger partial charge < -0.3 is 14.5 Å². The maximum absolute atomic E-state index is 14.5. The number of hydrogen-bond donors (Lipinski definition) is 0. The van der Waals surface area contributed by atoms with Gasteiger partial charge in [-0.25, -0.2) is 4.39 Å². The Morgan fingerprint density at radius 3 is 2.25 bits per heavy atom. The van der Waals surface area contributed by atoms with Crippen LogP contribution < -0.4 is 4.74 Å². The summed E-state index contributed by atoms with van der Waals surface area (Å²) in [6.07, 6.45) is 1.36. The highest BCUT2D eigenvalue weighted by atomic mass is 19.3. The van der Waals surface area contributed by atoms with Crippen LogP contribution in [0.2, 0.25) is 0 Å². The van der Waals surface area contributed by atoms with Crippen molar-refractivity contribution < 1.29 is 22.7 Å². The predicted octanol–water partition coefficient (Wildman–Crippen LogP) is 5.82. The number of carbonyl (C=O) groups excluding carboxylic acids is 1. The van der Waals surface area contributed by atoms with Gasteiger partial charge in [-0.05, 0) is 88.1 Å². The molecule has 2 heterocycles. The number of benzene rings is 2. The van der Waals surface area contributed by atoms with Crippen LogP contribution in [0.25, 0.3) is 11.1 Å². The van der Waals surface area contributed by atoms with E-state index in [2.05, 4.69) is 16.7 Å². The second-order valence-electron chi connectivity index (χ2n) is 8.63. The zero-order chi connectivity index (χ0) is 23.3. The van der Waals surface area contributed by atoms with Crippen molar-refractivity contribution in [1.29, 1.82) is 0 Å². The van der Waals surface area contributed by atoms with Gasteiger partial charge in [0.05, 0.1) is 5.56 Å². The van der Waals surface area contributed by atoms with Crippen molar-refractivity contribution in [3.8, 4) is 16.9 Å². The highest BCUT2D eigenvalue weighted by Gasteiger charge is 2.28. The summed E-state index contributed by atoms with van der Waals surface area (Å²) in [5.41, 5.74) is 1.03. The second-order valence-corrected chi connectivity index (χ2v) is 8.63. The average Bonchev–Trinajstić information content (AvgIpc) is 3.37. The van der Waals surface area contributed by atoms with Crippen molar-refractivity contribution >= 4 is 5.91 Å². The predicted molar refractivity (Wildman–Crippen MR) is 120 cm³/mol. The van der Waals surface area contributed by atoms with Crippen molar-refractivity contribution in [3.63, 3.8) is 0 Å². The number of carbonyl (C=O) groups is 1. The lowest BCUT2D eigenvalue weighted by atomic mass is 10.0. The summed E-state index contributed by atoms with van der Waals surface area (Å²) < 4.78 is 45.1. The van der Waals surface area contributed by atoms with Gasteiger partial charge in [0, 0.05) is 19.5 Å². The lowest BCUT2D eigenvalue weighted by Gasteiger charge is -2.21. The standard InChI is InChI=1S/C20H20F3NO2.C5H11N/c1-13-5-4-10-24(13)19(25)17-9-8-15(12-18(17)21)14-6-3-7-16(11-14)26-20(2,22)23;1-6-4-2-3-5-6/h3,6-9,11-13H,4-5,10H2,1-2H3;2-5H2,1H3/t13-;/m1./s1. The molecule has 2 aromatic carbocycles. The number of halogens is 3. The van der Waals surface area contributed by atoms with Crippen LogP contribution in [0.4, 0.5) is 13.2 Å². The molecule has 0 aliphatic carbocycles. The first-order valence-corrected chi connectivity index (χ1v) is 11.1. The summed E-state index contributed by atoms with van der Waals surface area (Å²) in [7, 11) is 2.17. The molecule has 0 unspecified atom stereocenters. The maximum atomic E-state index is 14.5. The molecule has 0 bridgehead atoms. The molecule has 2 aliphatic heterocycles. The molecule has 1 atom stereocenters. The topological polar surface area (TPSA) is 32.8 Å².